The number of para-hydroxylation sites is 2. The van der Waals surface area contributed by atoms with Gasteiger partial charge in [-0.3, -0.25) is 9.59 Å². The standard InChI is InChI=1S/C18H13N3O3S/c19-9-12(18-21-13-6-2-3-7-14(13)24-18)17(23)11-5-1-4-8-15(11)25-10-16(20)22/h1-8,12H,10H2,(H2,20,22)/t12-/m1/s1. The van der Waals surface area contributed by atoms with Gasteiger partial charge < -0.3 is 10.2 Å². The minimum Gasteiger partial charge on any atom is -0.439 e. The molecule has 1 atom stereocenters. The van der Waals surface area contributed by atoms with Gasteiger partial charge in [0.15, 0.2) is 17.3 Å². The van der Waals surface area contributed by atoms with Crippen LogP contribution < -0.4 is 5.73 Å². The summed E-state index contributed by atoms with van der Waals surface area (Å²) in [4.78, 5) is 28.7. The number of benzene rings is 2. The van der Waals surface area contributed by atoms with Crippen molar-refractivity contribution in [1.29, 1.82) is 5.26 Å². The fourth-order valence-electron chi connectivity index (χ4n) is 2.34. The highest BCUT2D eigenvalue weighted by atomic mass is 32.2. The predicted octanol–water partition coefficient (Wildman–Crippen LogP) is 2.90. The summed E-state index contributed by atoms with van der Waals surface area (Å²) in [6.45, 7) is 0. The molecule has 124 valence electrons. The van der Waals surface area contributed by atoms with Crippen LogP contribution in [0.2, 0.25) is 0 Å². The Morgan fingerprint density at radius 1 is 1.20 bits per heavy atom. The first kappa shape index (κ1) is 16.7. The SMILES string of the molecule is N#C[C@H](C(=O)c1ccccc1SCC(N)=O)c1nc2ccccc2o1. The molecule has 0 unspecified atom stereocenters. The lowest BCUT2D eigenvalue weighted by Crippen LogP contribution is -2.15. The number of aromatic nitrogens is 1. The molecule has 1 aromatic heterocycles. The highest BCUT2D eigenvalue weighted by Gasteiger charge is 2.28. The lowest BCUT2D eigenvalue weighted by atomic mass is 9.99. The van der Waals surface area contributed by atoms with Gasteiger partial charge in [-0.15, -0.1) is 11.8 Å². The monoisotopic (exact) mass is 351 g/mol. The van der Waals surface area contributed by atoms with Crippen molar-refractivity contribution in [3.05, 3.63) is 60.0 Å². The lowest BCUT2D eigenvalue weighted by Gasteiger charge is -2.09. The molecule has 0 saturated carbocycles. The van der Waals surface area contributed by atoms with Gasteiger partial charge in [0.1, 0.15) is 5.52 Å². The van der Waals surface area contributed by atoms with Crippen molar-refractivity contribution in [2.75, 3.05) is 5.75 Å². The predicted molar refractivity (Wildman–Crippen MR) is 93.1 cm³/mol. The Morgan fingerprint density at radius 2 is 1.92 bits per heavy atom. The first-order valence-electron chi connectivity index (χ1n) is 7.39. The Balaban J connectivity index is 1.95. The molecule has 0 aliphatic rings. The van der Waals surface area contributed by atoms with Crippen LogP contribution in [-0.2, 0) is 4.79 Å². The topological polar surface area (TPSA) is 110 Å². The van der Waals surface area contributed by atoms with Crippen LogP contribution in [0.1, 0.15) is 22.2 Å². The zero-order valence-corrected chi connectivity index (χ0v) is 13.8. The number of carbonyl (C=O) groups is 2. The van der Waals surface area contributed by atoms with Gasteiger partial charge in [-0.1, -0.05) is 30.3 Å². The summed E-state index contributed by atoms with van der Waals surface area (Å²) >= 11 is 1.16. The van der Waals surface area contributed by atoms with Gasteiger partial charge >= 0.3 is 0 Å². The molecule has 0 spiro atoms. The highest BCUT2D eigenvalue weighted by molar-refractivity contribution is 8.00. The van der Waals surface area contributed by atoms with Crippen molar-refractivity contribution in [3.63, 3.8) is 0 Å². The fraction of sp³-hybridized carbons (Fsp3) is 0.111. The molecule has 25 heavy (non-hydrogen) atoms. The van der Waals surface area contributed by atoms with Crippen LogP contribution in [-0.4, -0.2) is 22.4 Å². The van der Waals surface area contributed by atoms with Crippen LogP contribution >= 0.6 is 11.8 Å². The lowest BCUT2D eigenvalue weighted by molar-refractivity contribution is -0.115. The number of fused-ring (bicyclic) bond motifs is 1. The smallest absolute Gasteiger partial charge is 0.227 e. The summed E-state index contributed by atoms with van der Waals surface area (Å²) in [5.41, 5.74) is 6.60. The van der Waals surface area contributed by atoms with Crippen LogP contribution in [0.4, 0.5) is 0 Å². The van der Waals surface area contributed by atoms with Crippen LogP contribution in [0.25, 0.3) is 11.1 Å². The first-order chi connectivity index (χ1) is 12.1. The molecule has 0 saturated heterocycles. The Labute approximate surface area is 147 Å². The number of nitrogens with two attached hydrogens (primary N) is 1. The minimum absolute atomic E-state index is 0.0460. The fourth-order valence-corrected chi connectivity index (χ4v) is 3.14. The average molecular weight is 351 g/mol. The Kier molecular flexibility index (Phi) is 4.82. The van der Waals surface area contributed by atoms with E-state index >= 15 is 0 Å². The van der Waals surface area contributed by atoms with Crippen molar-refractivity contribution < 1.29 is 14.0 Å². The highest BCUT2D eigenvalue weighted by Crippen LogP contribution is 2.29. The van der Waals surface area contributed by atoms with E-state index in [2.05, 4.69) is 4.98 Å². The first-order valence-corrected chi connectivity index (χ1v) is 8.38. The van der Waals surface area contributed by atoms with Crippen LogP contribution in [0, 0.1) is 11.3 Å². The number of amides is 1. The molecule has 0 aliphatic carbocycles. The van der Waals surface area contributed by atoms with E-state index in [1.807, 2.05) is 6.07 Å². The molecule has 2 aromatic carbocycles. The number of Topliss-reactive ketones (excluding diaryl/α,β-unsaturated/α-hetero) is 1. The van der Waals surface area contributed by atoms with Gasteiger partial charge in [0.2, 0.25) is 11.8 Å². The van der Waals surface area contributed by atoms with Gasteiger partial charge in [-0.2, -0.15) is 5.26 Å². The summed E-state index contributed by atoms with van der Waals surface area (Å²) in [7, 11) is 0. The number of nitrogens with zero attached hydrogens (tertiary/aromatic N) is 2. The number of carbonyl (C=O) groups excluding carboxylic acids is 2. The second-order valence-corrected chi connectivity index (χ2v) is 6.21. The van der Waals surface area contributed by atoms with E-state index in [9.17, 15) is 14.9 Å². The van der Waals surface area contributed by atoms with Crippen LogP contribution in [0.5, 0.6) is 0 Å². The molecule has 1 heterocycles. The Hall–Kier alpha value is -3.11. The van der Waals surface area contributed by atoms with E-state index in [1.165, 1.54) is 0 Å². The van der Waals surface area contributed by atoms with Gasteiger partial charge in [-0.05, 0) is 18.2 Å². The van der Waals surface area contributed by atoms with Crippen molar-refractivity contribution in [2.45, 2.75) is 10.8 Å². The van der Waals surface area contributed by atoms with Gasteiger partial charge in [0.05, 0.1) is 11.8 Å². The second kappa shape index (κ2) is 7.20. The molecular formula is C18H13N3O3S. The third-order valence-electron chi connectivity index (χ3n) is 3.47. The summed E-state index contributed by atoms with van der Waals surface area (Å²) in [5, 5.41) is 9.49. The third kappa shape index (κ3) is 3.54. The maximum absolute atomic E-state index is 12.9. The summed E-state index contributed by atoms with van der Waals surface area (Å²) in [5.74, 6) is -1.97. The molecule has 0 aliphatic heterocycles. The molecule has 0 bridgehead atoms. The van der Waals surface area contributed by atoms with Crippen LogP contribution in [0.15, 0.2) is 57.8 Å². The molecule has 7 heteroatoms. The van der Waals surface area contributed by atoms with Gasteiger partial charge in [0.25, 0.3) is 0 Å². The molecule has 3 rings (SSSR count). The second-order valence-electron chi connectivity index (χ2n) is 5.20. The number of hydrogen-bond acceptors (Lipinski definition) is 6. The molecule has 6 nitrogen and oxygen atoms in total. The normalized spacial score (nSPS) is 11.8. The van der Waals surface area contributed by atoms with Crippen LogP contribution in [0.3, 0.4) is 0 Å². The molecule has 0 fully saturated rings. The number of nitriles is 1. The number of oxazole rings is 1. The number of thioether (sulfide) groups is 1. The number of rotatable bonds is 6. The van der Waals surface area contributed by atoms with E-state index in [-0.39, 0.29) is 11.6 Å². The summed E-state index contributed by atoms with van der Waals surface area (Å²) in [6, 6.07) is 15.8. The molecular weight excluding hydrogens is 338 g/mol. The Morgan fingerprint density at radius 3 is 2.64 bits per heavy atom. The third-order valence-corrected chi connectivity index (χ3v) is 4.57. The molecule has 1 amide bonds. The van der Waals surface area contributed by atoms with Gasteiger partial charge in [0, 0.05) is 10.5 Å². The van der Waals surface area contributed by atoms with E-state index in [1.54, 1.807) is 48.5 Å². The number of hydrogen-bond donors (Lipinski definition) is 1. The number of primary amides is 1. The Bertz CT molecular complexity index is 957. The average Bonchev–Trinajstić information content (AvgIpc) is 3.04. The van der Waals surface area contributed by atoms with Crippen molar-refractivity contribution in [1.82, 2.24) is 4.98 Å². The number of ketones is 1. The zero-order valence-electron chi connectivity index (χ0n) is 13.0. The molecule has 2 N–H and O–H groups in total. The zero-order chi connectivity index (χ0) is 17.8. The minimum atomic E-state index is -1.16. The van der Waals surface area contributed by atoms with E-state index < -0.39 is 17.6 Å². The largest absolute Gasteiger partial charge is 0.439 e. The van der Waals surface area contributed by atoms with Gasteiger partial charge in [-0.25, -0.2) is 4.98 Å². The quantitative estimate of drug-likeness (QED) is 0.540. The maximum Gasteiger partial charge on any atom is 0.227 e. The van der Waals surface area contributed by atoms with Crippen molar-refractivity contribution in [3.8, 4) is 6.07 Å². The van der Waals surface area contributed by atoms with E-state index in [0.29, 0.717) is 21.6 Å². The van der Waals surface area contributed by atoms with Crippen molar-refractivity contribution in [2.24, 2.45) is 5.73 Å². The maximum atomic E-state index is 12.9. The molecule has 3 aromatic rings. The van der Waals surface area contributed by atoms with Crippen molar-refractivity contribution >= 4 is 34.6 Å². The summed E-state index contributed by atoms with van der Waals surface area (Å²) < 4.78 is 5.57. The van der Waals surface area contributed by atoms with E-state index in [0.717, 1.165) is 11.8 Å². The van der Waals surface area contributed by atoms with E-state index in [4.69, 9.17) is 10.2 Å². The summed E-state index contributed by atoms with van der Waals surface area (Å²) in [6.07, 6.45) is 0. The molecule has 0 radical (unpaired) electrons.